The lowest BCUT2D eigenvalue weighted by molar-refractivity contribution is -0.0121. The highest BCUT2D eigenvalue weighted by atomic mass is 32.2. The number of methoxy groups -OCH3 is 1. The number of carbonyl (C=O) groups excluding carboxylic acids is 1. The molecule has 0 N–H and O–H groups in total. The molecular formula is C36H46F2N2O7S. The number of nitrogens with zero attached hydrogens (tertiary/aromatic N) is 2. The van der Waals surface area contributed by atoms with Crippen LogP contribution in [0.1, 0.15) is 56.0 Å². The number of likely N-dealkylation sites (N-methyl/N-ethyl adjacent to an activating group) is 1. The number of rotatable bonds is 10. The van der Waals surface area contributed by atoms with Gasteiger partial charge in [0.15, 0.2) is 0 Å². The van der Waals surface area contributed by atoms with E-state index in [9.17, 15) is 22.0 Å². The van der Waals surface area contributed by atoms with E-state index in [0.29, 0.717) is 26.1 Å². The van der Waals surface area contributed by atoms with Gasteiger partial charge in [-0.2, -0.15) is 4.31 Å². The van der Waals surface area contributed by atoms with Crippen LogP contribution in [-0.4, -0.2) is 82.2 Å². The molecule has 1 aliphatic heterocycles. The Morgan fingerprint density at radius 2 is 1.69 bits per heavy atom. The van der Waals surface area contributed by atoms with E-state index in [4.69, 9.17) is 18.9 Å². The number of sulfonamides is 1. The van der Waals surface area contributed by atoms with Crippen molar-refractivity contribution in [2.24, 2.45) is 5.92 Å². The predicted octanol–water partition coefficient (Wildman–Crippen LogP) is 6.31. The quantitative estimate of drug-likeness (QED) is 0.246. The zero-order chi connectivity index (χ0) is 34.8. The Hall–Kier alpha value is -3.58. The molecule has 0 spiro atoms. The van der Waals surface area contributed by atoms with Gasteiger partial charge in [0.1, 0.15) is 23.1 Å². The maximum absolute atomic E-state index is 14.4. The second-order valence-corrected chi connectivity index (χ2v) is 14.4. The first kappa shape index (κ1) is 37.2. The van der Waals surface area contributed by atoms with Crippen molar-refractivity contribution in [3.05, 3.63) is 89.5 Å². The lowest BCUT2D eigenvalue weighted by Crippen LogP contribution is -2.48. The minimum Gasteiger partial charge on any atom is -0.497 e. The zero-order valence-electron chi connectivity index (χ0n) is 28.2. The lowest BCUT2D eigenvalue weighted by atomic mass is 10.0. The maximum Gasteiger partial charge on any atom is 0.257 e. The smallest absolute Gasteiger partial charge is 0.257 e. The molecule has 0 unspecified atom stereocenters. The van der Waals surface area contributed by atoms with Crippen molar-refractivity contribution >= 4 is 15.9 Å². The number of halogens is 2. The molecule has 48 heavy (non-hydrogen) atoms. The Bertz CT molecular complexity index is 1590. The van der Waals surface area contributed by atoms with Crippen LogP contribution in [0.5, 0.6) is 11.5 Å². The van der Waals surface area contributed by atoms with Gasteiger partial charge in [-0.05, 0) is 87.2 Å². The number of amides is 1. The highest BCUT2D eigenvalue weighted by Gasteiger charge is 2.32. The number of ether oxygens (including phenoxy) is 4. The molecule has 0 aliphatic carbocycles. The molecule has 0 radical (unpaired) electrons. The van der Waals surface area contributed by atoms with Crippen LogP contribution in [0.2, 0.25) is 0 Å². The molecular weight excluding hydrogens is 642 g/mol. The van der Waals surface area contributed by atoms with Gasteiger partial charge >= 0.3 is 0 Å². The molecule has 4 atom stereocenters. The fraction of sp³-hybridized carbons (Fsp3) is 0.472. The molecule has 0 fully saturated rings. The fourth-order valence-electron chi connectivity index (χ4n) is 5.55. The molecule has 3 aromatic rings. The molecule has 3 aromatic carbocycles. The average Bonchev–Trinajstić information content (AvgIpc) is 3.06. The molecule has 9 nitrogen and oxygen atoms in total. The SMILES string of the molecule is COc1ccc(COC[C@H](C)N2C[C@@H](C)[C@H](CN(C)S(=O)(=O)c3ccc(F)cc3)OCCCC[C@H](C)Oc3cc(F)ccc3C2=O)cc1. The molecule has 0 bridgehead atoms. The van der Waals surface area contributed by atoms with Crippen molar-refractivity contribution in [2.75, 3.05) is 40.5 Å². The van der Waals surface area contributed by atoms with Crippen LogP contribution in [0.25, 0.3) is 0 Å². The van der Waals surface area contributed by atoms with Crippen molar-refractivity contribution < 1.29 is 40.9 Å². The van der Waals surface area contributed by atoms with E-state index in [1.807, 2.05) is 45.0 Å². The second kappa shape index (κ2) is 17.2. The van der Waals surface area contributed by atoms with Crippen LogP contribution in [0.15, 0.2) is 71.6 Å². The van der Waals surface area contributed by atoms with Crippen LogP contribution in [0.4, 0.5) is 8.78 Å². The molecule has 0 saturated heterocycles. The van der Waals surface area contributed by atoms with Gasteiger partial charge in [-0.25, -0.2) is 17.2 Å². The predicted molar refractivity (Wildman–Crippen MR) is 179 cm³/mol. The standard InChI is InChI=1S/C36H46F2N2O7S/c1-25-21-40(26(2)23-45-24-28-9-14-31(44-5)15-10-28)36(41)33-18-13-30(38)20-34(33)47-27(3)8-6-7-19-46-35(25)22-39(4)48(42,43)32-16-11-29(37)12-17-32/h9-18,20,25-27,35H,6-8,19,21-24H2,1-5H3/t25-,26+,27+,35+/m1/s1. The number of fused-ring (bicyclic) bond motifs is 1. The van der Waals surface area contributed by atoms with E-state index < -0.39 is 33.8 Å². The lowest BCUT2D eigenvalue weighted by Gasteiger charge is -2.36. The number of hydrogen-bond acceptors (Lipinski definition) is 7. The largest absolute Gasteiger partial charge is 0.497 e. The highest BCUT2D eigenvalue weighted by Crippen LogP contribution is 2.27. The van der Waals surface area contributed by atoms with Crippen molar-refractivity contribution in [3.63, 3.8) is 0 Å². The number of benzene rings is 3. The minimum atomic E-state index is -3.95. The van der Waals surface area contributed by atoms with E-state index in [-0.39, 0.29) is 53.8 Å². The van der Waals surface area contributed by atoms with Gasteiger partial charge in [-0.1, -0.05) is 19.1 Å². The second-order valence-electron chi connectivity index (χ2n) is 12.4. The normalized spacial score (nSPS) is 20.5. The first-order valence-corrected chi connectivity index (χ1v) is 17.6. The summed E-state index contributed by atoms with van der Waals surface area (Å²) in [6, 6.07) is 15.7. The maximum atomic E-state index is 14.4. The molecule has 0 saturated carbocycles. The molecule has 4 rings (SSSR count). The van der Waals surface area contributed by atoms with Gasteiger partial charge in [-0.3, -0.25) is 4.79 Å². The van der Waals surface area contributed by atoms with Crippen LogP contribution in [-0.2, 0) is 26.1 Å². The summed E-state index contributed by atoms with van der Waals surface area (Å²) < 4.78 is 79.6. The Morgan fingerprint density at radius 1 is 1.00 bits per heavy atom. The molecule has 1 aliphatic rings. The Labute approximate surface area is 282 Å². The van der Waals surface area contributed by atoms with Gasteiger partial charge in [0, 0.05) is 38.7 Å². The van der Waals surface area contributed by atoms with Crippen LogP contribution in [0.3, 0.4) is 0 Å². The zero-order valence-corrected chi connectivity index (χ0v) is 29.0. The first-order chi connectivity index (χ1) is 22.9. The van der Waals surface area contributed by atoms with Crippen molar-refractivity contribution in [1.82, 2.24) is 9.21 Å². The van der Waals surface area contributed by atoms with E-state index in [1.54, 1.807) is 12.0 Å². The first-order valence-electron chi connectivity index (χ1n) is 16.2. The Balaban J connectivity index is 1.61. The van der Waals surface area contributed by atoms with E-state index in [1.165, 1.54) is 41.7 Å². The van der Waals surface area contributed by atoms with Gasteiger partial charge < -0.3 is 23.8 Å². The Kier molecular flexibility index (Phi) is 13.3. The monoisotopic (exact) mass is 688 g/mol. The van der Waals surface area contributed by atoms with Crippen molar-refractivity contribution in [2.45, 2.75) is 69.8 Å². The van der Waals surface area contributed by atoms with Crippen LogP contribution >= 0.6 is 0 Å². The third-order valence-electron chi connectivity index (χ3n) is 8.50. The number of hydrogen-bond donors (Lipinski definition) is 0. The summed E-state index contributed by atoms with van der Waals surface area (Å²) in [5.74, 6) is -0.841. The van der Waals surface area contributed by atoms with Crippen LogP contribution in [0, 0.1) is 17.6 Å². The van der Waals surface area contributed by atoms with Crippen LogP contribution < -0.4 is 9.47 Å². The summed E-state index contributed by atoms with van der Waals surface area (Å²) in [7, 11) is -0.888. The fourth-order valence-corrected chi connectivity index (χ4v) is 6.74. The molecule has 0 aromatic heterocycles. The average molecular weight is 689 g/mol. The van der Waals surface area contributed by atoms with Gasteiger partial charge in [0.25, 0.3) is 5.91 Å². The minimum absolute atomic E-state index is 0.00652. The molecule has 1 heterocycles. The highest BCUT2D eigenvalue weighted by molar-refractivity contribution is 7.89. The van der Waals surface area contributed by atoms with Crippen molar-refractivity contribution in [3.8, 4) is 11.5 Å². The third-order valence-corrected chi connectivity index (χ3v) is 10.3. The van der Waals surface area contributed by atoms with Crippen molar-refractivity contribution in [1.29, 1.82) is 0 Å². The van der Waals surface area contributed by atoms with Gasteiger partial charge in [0.2, 0.25) is 10.0 Å². The third kappa shape index (κ3) is 9.97. The van der Waals surface area contributed by atoms with E-state index in [2.05, 4.69) is 0 Å². The molecule has 12 heteroatoms. The summed E-state index contributed by atoms with van der Waals surface area (Å²) >= 11 is 0. The summed E-state index contributed by atoms with van der Waals surface area (Å²) in [5.41, 5.74) is 1.16. The summed E-state index contributed by atoms with van der Waals surface area (Å²) in [4.78, 5) is 15.9. The van der Waals surface area contributed by atoms with Gasteiger partial charge in [0.05, 0.1) is 49.0 Å². The topological polar surface area (TPSA) is 94.6 Å². The molecule has 1 amide bonds. The summed E-state index contributed by atoms with van der Waals surface area (Å²) in [6.45, 7) is 6.72. The Morgan fingerprint density at radius 3 is 2.38 bits per heavy atom. The number of carbonyl (C=O) groups is 1. The van der Waals surface area contributed by atoms with E-state index >= 15 is 0 Å². The van der Waals surface area contributed by atoms with E-state index in [0.717, 1.165) is 29.9 Å². The van der Waals surface area contributed by atoms with Gasteiger partial charge in [-0.15, -0.1) is 0 Å². The summed E-state index contributed by atoms with van der Waals surface area (Å²) in [6.07, 6.45) is 1.21. The summed E-state index contributed by atoms with van der Waals surface area (Å²) in [5, 5.41) is 0. The molecule has 262 valence electrons.